The normalized spacial score (nSPS) is 15.9. The highest BCUT2D eigenvalue weighted by Gasteiger charge is 2.31. The molecule has 1 atom stereocenters. The van der Waals surface area contributed by atoms with E-state index in [2.05, 4.69) is 26.3 Å². The maximum Gasteiger partial charge on any atom is 0.252 e. The Morgan fingerprint density at radius 2 is 2.18 bits per heavy atom. The van der Waals surface area contributed by atoms with E-state index < -0.39 is 0 Å². The lowest BCUT2D eigenvalue weighted by Gasteiger charge is -2.16. The molecule has 1 aromatic carbocycles. The first-order chi connectivity index (χ1) is 13.7. The number of amides is 1. The van der Waals surface area contributed by atoms with E-state index >= 15 is 0 Å². The average Bonchev–Trinajstić information content (AvgIpc) is 2.92. The zero-order valence-corrected chi connectivity index (χ0v) is 15.9. The minimum Gasteiger partial charge on any atom is -0.481 e. The number of fused-ring (bicyclic) bond motifs is 1. The zero-order valence-electron chi connectivity index (χ0n) is 15.1. The number of hydrogen-bond acceptors (Lipinski definition) is 6. The Kier molecular flexibility index (Phi) is 5.00. The molecule has 1 aliphatic rings. The third kappa shape index (κ3) is 3.44. The van der Waals surface area contributed by atoms with Crippen LogP contribution in [0.3, 0.4) is 0 Å². The highest BCUT2D eigenvalue weighted by Crippen LogP contribution is 2.44. The van der Waals surface area contributed by atoms with Gasteiger partial charge in [0, 0.05) is 18.0 Å². The molecule has 1 aliphatic heterocycles. The van der Waals surface area contributed by atoms with Crippen molar-refractivity contribution < 1.29 is 9.53 Å². The maximum absolute atomic E-state index is 12.4. The monoisotopic (exact) mass is 391 g/mol. The summed E-state index contributed by atoms with van der Waals surface area (Å²) in [5.41, 5.74) is 2.74. The highest BCUT2D eigenvalue weighted by molar-refractivity contribution is 8.00. The lowest BCUT2D eigenvalue weighted by molar-refractivity contribution is -0.113. The molecule has 0 radical (unpaired) electrons. The highest BCUT2D eigenvalue weighted by atomic mass is 32.2. The fourth-order valence-corrected chi connectivity index (χ4v) is 4.26. The summed E-state index contributed by atoms with van der Waals surface area (Å²) in [5.74, 6) is 4.39. The van der Waals surface area contributed by atoms with Crippen molar-refractivity contribution in [1.82, 2.24) is 19.7 Å². The van der Waals surface area contributed by atoms with Crippen LogP contribution in [0.25, 0.3) is 5.95 Å². The summed E-state index contributed by atoms with van der Waals surface area (Å²) in [6, 6.07) is 9.47. The van der Waals surface area contributed by atoms with Crippen molar-refractivity contribution in [2.75, 3.05) is 17.7 Å². The average molecular weight is 391 g/mol. The molecule has 0 saturated heterocycles. The van der Waals surface area contributed by atoms with Crippen LogP contribution < -0.4 is 10.1 Å². The topological polar surface area (TPSA) is 81.9 Å². The summed E-state index contributed by atoms with van der Waals surface area (Å²) in [4.78, 5) is 20.9. The van der Waals surface area contributed by atoms with Gasteiger partial charge in [0.05, 0.1) is 16.7 Å². The van der Waals surface area contributed by atoms with Crippen LogP contribution in [-0.2, 0) is 4.79 Å². The van der Waals surface area contributed by atoms with Crippen molar-refractivity contribution in [2.45, 2.75) is 12.2 Å². The number of carbonyl (C=O) groups excluding carboxylic acids is 1. The summed E-state index contributed by atoms with van der Waals surface area (Å²) in [6.45, 7) is 2.12. The molecule has 28 heavy (non-hydrogen) atoms. The molecular weight excluding hydrogens is 374 g/mol. The largest absolute Gasteiger partial charge is 0.481 e. The number of nitrogens with one attached hydrogen (secondary N) is 1. The quantitative estimate of drug-likeness (QED) is 0.689. The van der Waals surface area contributed by atoms with Gasteiger partial charge < -0.3 is 10.1 Å². The van der Waals surface area contributed by atoms with Crippen LogP contribution >= 0.6 is 11.8 Å². The summed E-state index contributed by atoms with van der Waals surface area (Å²) in [6.07, 6.45) is 8.57. The first-order valence-corrected chi connectivity index (χ1v) is 9.67. The van der Waals surface area contributed by atoms with Crippen molar-refractivity contribution in [3.05, 3.63) is 59.5 Å². The standard InChI is InChI=1S/C20H17N5O2S/c1-3-10-27-15-7-4-6-14(11-15)18-17-13(2)24-25(20-21-8-5-9-22-20)19(17)23-16(26)12-28-18/h1,4-9,11,18H,10,12H2,2H3,(H,23,26)/t18-/m0/s1. The molecule has 0 saturated carbocycles. The number of ether oxygens (including phenoxy) is 1. The van der Waals surface area contributed by atoms with Gasteiger partial charge >= 0.3 is 0 Å². The van der Waals surface area contributed by atoms with Gasteiger partial charge in [0.1, 0.15) is 18.2 Å². The summed E-state index contributed by atoms with van der Waals surface area (Å²) in [5, 5.41) is 7.46. The molecule has 1 amide bonds. The first-order valence-electron chi connectivity index (χ1n) is 8.62. The molecule has 2 aromatic heterocycles. The molecule has 140 valence electrons. The Morgan fingerprint density at radius 1 is 1.36 bits per heavy atom. The smallest absolute Gasteiger partial charge is 0.252 e. The molecule has 3 heterocycles. The summed E-state index contributed by atoms with van der Waals surface area (Å²) < 4.78 is 7.15. The van der Waals surface area contributed by atoms with Crippen LogP contribution in [0.2, 0.25) is 0 Å². The Bertz CT molecular complexity index is 1060. The molecule has 3 aromatic rings. The molecule has 7 nitrogen and oxygen atoms in total. The summed E-state index contributed by atoms with van der Waals surface area (Å²) >= 11 is 1.54. The number of anilines is 1. The molecule has 1 N–H and O–H groups in total. The molecule has 0 unspecified atom stereocenters. The van der Waals surface area contributed by atoms with Gasteiger partial charge in [-0.2, -0.15) is 9.78 Å². The van der Waals surface area contributed by atoms with Crippen LogP contribution in [-0.4, -0.2) is 38.0 Å². The van der Waals surface area contributed by atoms with Gasteiger partial charge in [0.25, 0.3) is 5.95 Å². The van der Waals surface area contributed by atoms with Gasteiger partial charge in [0.15, 0.2) is 0 Å². The van der Waals surface area contributed by atoms with E-state index in [0.29, 0.717) is 23.3 Å². The number of benzene rings is 1. The van der Waals surface area contributed by atoms with E-state index in [1.165, 1.54) is 0 Å². The molecule has 0 fully saturated rings. The Labute approximate surface area is 166 Å². The number of thioether (sulfide) groups is 1. The number of terminal acetylenes is 1. The lowest BCUT2D eigenvalue weighted by atomic mass is 10.0. The molecule has 0 bridgehead atoms. The number of aromatic nitrogens is 4. The number of carbonyl (C=O) groups is 1. The summed E-state index contributed by atoms with van der Waals surface area (Å²) in [7, 11) is 0. The lowest BCUT2D eigenvalue weighted by Crippen LogP contribution is -2.16. The fourth-order valence-electron chi connectivity index (χ4n) is 3.08. The van der Waals surface area contributed by atoms with Crippen molar-refractivity contribution in [2.24, 2.45) is 0 Å². The van der Waals surface area contributed by atoms with Gasteiger partial charge in [-0.15, -0.1) is 18.2 Å². The molecule has 0 aliphatic carbocycles. The number of aryl methyl sites for hydroxylation is 1. The van der Waals surface area contributed by atoms with E-state index in [1.54, 1.807) is 34.9 Å². The molecular formula is C20H17N5O2S. The van der Waals surface area contributed by atoms with E-state index in [9.17, 15) is 4.79 Å². The second-order valence-corrected chi connectivity index (χ2v) is 7.21. The van der Waals surface area contributed by atoms with Crippen molar-refractivity contribution in [1.29, 1.82) is 0 Å². The molecule has 0 spiro atoms. The minimum absolute atomic E-state index is 0.0921. The minimum atomic E-state index is -0.0965. The van der Waals surface area contributed by atoms with Crippen LogP contribution in [0.4, 0.5) is 5.82 Å². The van der Waals surface area contributed by atoms with Crippen LogP contribution in [0.5, 0.6) is 5.75 Å². The second kappa shape index (κ2) is 7.74. The maximum atomic E-state index is 12.4. The van der Waals surface area contributed by atoms with Gasteiger partial charge in [-0.25, -0.2) is 9.97 Å². The predicted molar refractivity (Wildman–Crippen MR) is 108 cm³/mol. The molecule has 8 heteroatoms. The van der Waals surface area contributed by atoms with E-state index in [4.69, 9.17) is 11.2 Å². The fraction of sp³-hybridized carbons (Fsp3) is 0.200. The zero-order chi connectivity index (χ0) is 19.5. The first kappa shape index (κ1) is 18.1. The Balaban J connectivity index is 1.81. The Hall–Kier alpha value is -3.31. The van der Waals surface area contributed by atoms with E-state index in [1.807, 2.05) is 31.2 Å². The van der Waals surface area contributed by atoms with Crippen LogP contribution in [0.15, 0.2) is 42.7 Å². The second-order valence-electron chi connectivity index (χ2n) is 6.11. The predicted octanol–water partition coefficient (Wildman–Crippen LogP) is 2.76. The third-order valence-corrected chi connectivity index (χ3v) is 5.50. The SMILES string of the molecule is C#CCOc1cccc([C@@H]2SCC(=O)Nc3c2c(C)nn3-c2ncccn2)c1. The number of rotatable bonds is 4. The number of hydrogen-bond donors (Lipinski definition) is 1. The van der Waals surface area contributed by atoms with Crippen LogP contribution in [0.1, 0.15) is 22.1 Å². The van der Waals surface area contributed by atoms with E-state index in [0.717, 1.165) is 16.8 Å². The van der Waals surface area contributed by atoms with E-state index in [-0.39, 0.29) is 17.8 Å². The van der Waals surface area contributed by atoms with Crippen molar-refractivity contribution >= 4 is 23.5 Å². The Morgan fingerprint density at radius 3 is 2.96 bits per heavy atom. The number of nitrogens with zero attached hydrogens (tertiary/aromatic N) is 4. The van der Waals surface area contributed by atoms with Gasteiger partial charge in [-0.05, 0) is 30.7 Å². The van der Waals surface area contributed by atoms with Gasteiger partial charge in [0.2, 0.25) is 5.91 Å². The van der Waals surface area contributed by atoms with Gasteiger partial charge in [-0.1, -0.05) is 18.1 Å². The molecule has 4 rings (SSSR count). The van der Waals surface area contributed by atoms with Crippen molar-refractivity contribution in [3.8, 4) is 24.0 Å². The van der Waals surface area contributed by atoms with Gasteiger partial charge in [-0.3, -0.25) is 4.79 Å². The van der Waals surface area contributed by atoms with Crippen molar-refractivity contribution in [3.63, 3.8) is 0 Å². The van der Waals surface area contributed by atoms with Crippen LogP contribution in [0, 0.1) is 19.3 Å². The third-order valence-electron chi connectivity index (χ3n) is 4.23.